The molecule has 2 aromatic rings. The summed E-state index contributed by atoms with van der Waals surface area (Å²) in [6.07, 6.45) is 3.12. The zero-order valence-electron chi connectivity index (χ0n) is 10.2. The van der Waals surface area contributed by atoms with Crippen LogP contribution in [0.4, 0.5) is 18.9 Å². The van der Waals surface area contributed by atoms with Crippen LogP contribution in [0.2, 0.25) is 0 Å². The molecule has 1 aromatic carbocycles. The monoisotopic (exact) mass is 284 g/mol. The highest BCUT2D eigenvalue weighted by molar-refractivity contribution is 5.94. The number of imidazole rings is 1. The molecular formula is C12H11F3N4O. The number of nitrogens with zero attached hydrogens (tertiary/aromatic N) is 1. The van der Waals surface area contributed by atoms with Crippen molar-refractivity contribution in [1.82, 2.24) is 9.97 Å². The maximum Gasteiger partial charge on any atom is 0.241 e. The molecule has 0 aliphatic heterocycles. The largest absolute Gasteiger partial charge is 0.348 e. The fourth-order valence-electron chi connectivity index (χ4n) is 1.59. The summed E-state index contributed by atoms with van der Waals surface area (Å²) >= 11 is 0. The molecule has 5 nitrogen and oxygen atoms in total. The van der Waals surface area contributed by atoms with Gasteiger partial charge in [0.15, 0.2) is 17.5 Å². The Balaban J connectivity index is 2.04. The third-order valence-corrected chi connectivity index (χ3v) is 2.58. The second-order valence-corrected chi connectivity index (χ2v) is 4.13. The number of aromatic amines is 1. The Morgan fingerprint density at radius 2 is 2.00 bits per heavy atom. The number of nitrogens with two attached hydrogens (primary N) is 1. The van der Waals surface area contributed by atoms with Crippen molar-refractivity contribution in [3.63, 3.8) is 0 Å². The molecule has 0 aliphatic carbocycles. The van der Waals surface area contributed by atoms with Crippen LogP contribution in [-0.2, 0) is 11.2 Å². The molecule has 0 spiro atoms. The van der Waals surface area contributed by atoms with Crippen LogP contribution in [0.15, 0.2) is 24.7 Å². The molecule has 0 fully saturated rings. The lowest BCUT2D eigenvalue weighted by Crippen LogP contribution is -2.37. The van der Waals surface area contributed by atoms with Crippen molar-refractivity contribution in [1.29, 1.82) is 0 Å². The summed E-state index contributed by atoms with van der Waals surface area (Å²) < 4.78 is 38.7. The van der Waals surface area contributed by atoms with E-state index in [1.165, 1.54) is 12.5 Å². The number of hydrogen-bond acceptors (Lipinski definition) is 3. The Hall–Kier alpha value is -2.35. The number of anilines is 1. The van der Waals surface area contributed by atoms with Crippen molar-refractivity contribution >= 4 is 11.6 Å². The van der Waals surface area contributed by atoms with Gasteiger partial charge in [0.25, 0.3) is 0 Å². The van der Waals surface area contributed by atoms with Crippen LogP contribution < -0.4 is 11.1 Å². The van der Waals surface area contributed by atoms with Gasteiger partial charge in [-0.2, -0.15) is 0 Å². The first kappa shape index (κ1) is 14.1. The standard InChI is InChI=1S/C12H11F3N4O/c13-8-1-6(2-9(14)11(8)15)19-12(20)10(16)3-7-4-17-5-18-7/h1-2,4-5,10H,3,16H2,(H,17,18)(H,19,20)/t10-/m0/s1. The smallest absolute Gasteiger partial charge is 0.241 e. The van der Waals surface area contributed by atoms with E-state index in [1.807, 2.05) is 0 Å². The number of aromatic nitrogens is 2. The van der Waals surface area contributed by atoms with Gasteiger partial charge in [0.1, 0.15) is 0 Å². The van der Waals surface area contributed by atoms with Crippen molar-refractivity contribution in [3.8, 4) is 0 Å². The number of hydrogen-bond donors (Lipinski definition) is 3. The van der Waals surface area contributed by atoms with E-state index in [9.17, 15) is 18.0 Å². The Kier molecular flexibility index (Phi) is 4.04. The molecule has 0 radical (unpaired) electrons. The normalized spacial score (nSPS) is 12.2. The maximum atomic E-state index is 13.0. The molecule has 8 heteroatoms. The summed E-state index contributed by atoms with van der Waals surface area (Å²) in [5, 5.41) is 2.22. The number of H-pyrrole nitrogens is 1. The number of carbonyl (C=O) groups excluding carboxylic acids is 1. The van der Waals surface area contributed by atoms with E-state index < -0.39 is 29.4 Å². The highest BCUT2D eigenvalue weighted by Crippen LogP contribution is 2.17. The Labute approximate surface area is 112 Å². The SMILES string of the molecule is N[C@@H](Cc1cnc[nH]1)C(=O)Nc1cc(F)c(F)c(F)c1. The van der Waals surface area contributed by atoms with E-state index in [4.69, 9.17) is 5.73 Å². The molecule has 1 heterocycles. The lowest BCUT2D eigenvalue weighted by atomic mass is 10.1. The third kappa shape index (κ3) is 3.15. The molecule has 0 saturated carbocycles. The first-order valence-electron chi connectivity index (χ1n) is 5.65. The Morgan fingerprint density at radius 1 is 1.35 bits per heavy atom. The van der Waals surface area contributed by atoms with Gasteiger partial charge in [-0.1, -0.05) is 0 Å². The topological polar surface area (TPSA) is 83.8 Å². The number of amides is 1. The minimum atomic E-state index is -1.59. The first-order valence-corrected chi connectivity index (χ1v) is 5.65. The number of halogens is 3. The zero-order chi connectivity index (χ0) is 14.7. The summed E-state index contributed by atoms with van der Waals surface area (Å²) in [5.41, 5.74) is 6.08. The fraction of sp³-hybridized carbons (Fsp3) is 0.167. The molecule has 2 rings (SSSR count). The second kappa shape index (κ2) is 5.74. The lowest BCUT2D eigenvalue weighted by molar-refractivity contribution is -0.117. The van der Waals surface area contributed by atoms with Gasteiger partial charge in [0, 0.05) is 36.1 Å². The van der Waals surface area contributed by atoms with Crippen LogP contribution in [-0.4, -0.2) is 21.9 Å². The molecule has 1 amide bonds. The molecule has 1 atom stereocenters. The third-order valence-electron chi connectivity index (χ3n) is 2.58. The van der Waals surface area contributed by atoms with Crippen molar-refractivity contribution in [2.45, 2.75) is 12.5 Å². The minimum absolute atomic E-state index is 0.179. The Morgan fingerprint density at radius 3 is 2.55 bits per heavy atom. The van der Waals surface area contributed by atoms with Crippen LogP contribution >= 0.6 is 0 Å². The van der Waals surface area contributed by atoms with Gasteiger partial charge in [0.2, 0.25) is 5.91 Å². The zero-order valence-corrected chi connectivity index (χ0v) is 10.2. The molecule has 1 aromatic heterocycles. The first-order chi connectivity index (χ1) is 9.47. The van der Waals surface area contributed by atoms with Gasteiger partial charge in [-0.3, -0.25) is 4.79 Å². The summed E-state index contributed by atoms with van der Waals surface area (Å²) in [6, 6.07) is 0.421. The molecular weight excluding hydrogens is 273 g/mol. The van der Waals surface area contributed by atoms with E-state index in [1.54, 1.807) is 0 Å². The van der Waals surface area contributed by atoms with Gasteiger partial charge in [-0.15, -0.1) is 0 Å². The quantitative estimate of drug-likeness (QED) is 0.741. The van der Waals surface area contributed by atoms with E-state index in [-0.39, 0.29) is 12.1 Å². The highest BCUT2D eigenvalue weighted by atomic mass is 19.2. The highest BCUT2D eigenvalue weighted by Gasteiger charge is 2.17. The summed E-state index contributed by atoms with van der Waals surface area (Å²) in [6.45, 7) is 0. The van der Waals surface area contributed by atoms with Crippen LogP contribution in [0.1, 0.15) is 5.69 Å². The number of benzene rings is 1. The number of carbonyl (C=O) groups is 1. The van der Waals surface area contributed by atoms with Gasteiger partial charge in [-0.25, -0.2) is 18.2 Å². The molecule has 20 heavy (non-hydrogen) atoms. The summed E-state index contributed by atoms with van der Waals surface area (Å²) in [4.78, 5) is 18.3. The maximum absolute atomic E-state index is 13.0. The van der Waals surface area contributed by atoms with Crippen molar-refractivity contribution < 1.29 is 18.0 Å². The van der Waals surface area contributed by atoms with E-state index in [2.05, 4.69) is 15.3 Å². The fourth-order valence-corrected chi connectivity index (χ4v) is 1.59. The molecule has 106 valence electrons. The predicted octanol–water partition coefficient (Wildman–Crippen LogP) is 1.34. The molecule has 0 bridgehead atoms. The number of nitrogens with one attached hydrogen (secondary N) is 2. The summed E-state index contributed by atoms with van der Waals surface area (Å²) in [5.74, 6) is -5.01. The molecule has 0 unspecified atom stereocenters. The van der Waals surface area contributed by atoms with Crippen molar-refractivity contribution in [2.75, 3.05) is 5.32 Å². The van der Waals surface area contributed by atoms with Crippen molar-refractivity contribution in [2.24, 2.45) is 5.73 Å². The van der Waals surface area contributed by atoms with Crippen LogP contribution in [0, 0.1) is 17.5 Å². The van der Waals surface area contributed by atoms with E-state index >= 15 is 0 Å². The van der Waals surface area contributed by atoms with Gasteiger partial charge >= 0.3 is 0 Å². The lowest BCUT2D eigenvalue weighted by Gasteiger charge is -2.11. The second-order valence-electron chi connectivity index (χ2n) is 4.13. The van der Waals surface area contributed by atoms with Crippen LogP contribution in [0.5, 0.6) is 0 Å². The molecule has 4 N–H and O–H groups in total. The van der Waals surface area contributed by atoms with Crippen LogP contribution in [0.25, 0.3) is 0 Å². The average Bonchev–Trinajstić information content (AvgIpc) is 2.88. The minimum Gasteiger partial charge on any atom is -0.348 e. The van der Waals surface area contributed by atoms with Gasteiger partial charge in [-0.05, 0) is 0 Å². The number of rotatable bonds is 4. The van der Waals surface area contributed by atoms with Crippen molar-refractivity contribution in [3.05, 3.63) is 47.8 Å². The van der Waals surface area contributed by atoms with Crippen LogP contribution in [0.3, 0.4) is 0 Å². The van der Waals surface area contributed by atoms with Gasteiger partial charge in [0.05, 0.1) is 12.4 Å². The summed E-state index contributed by atoms with van der Waals surface area (Å²) in [7, 11) is 0. The molecule has 0 saturated heterocycles. The Bertz CT molecular complexity index is 592. The van der Waals surface area contributed by atoms with E-state index in [0.29, 0.717) is 17.8 Å². The van der Waals surface area contributed by atoms with Gasteiger partial charge < -0.3 is 16.0 Å². The average molecular weight is 284 g/mol. The predicted molar refractivity (Wildman–Crippen MR) is 65.2 cm³/mol. The van der Waals surface area contributed by atoms with E-state index in [0.717, 1.165) is 0 Å². The molecule has 0 aliphatic rings.